The highest BCUT2D eigenvalue weighted by Crippen LogP contribution is 2.33. The van der Waals surface area contributed by atoms with Crippen LogP contribution in [-0.2, 0) is 6.54 Å². The number of hydrogen-bond acceptors (Lipinski definition) is 2. The summed E-state index contributed by atoms with van der Waals surface area (Å²) in [4.78, 5) is 0. The molecule has 0 bridgehead atoms. The first-order valence-electron chi connectivity index (χ1n) is 5.19. The normalized spacial score (nSPS) is 10.2. The van der Waals surface area contributed by atoms with Gasteiger partial charge in [-0.1, -0.05) is 53.5 Å². The van der Waals surface area contributed by atoms with Crippen LogP contribution in [0.5, 0.6) is 0 Å². The van der Waals surface area contributed by atoms with Crippen molar-refractivity contribution in [2.75, 3.05) is 11.1 Å². The van der Waals surface area contributed by atoms with E-state index in [-0.39, 0.29) is 0 Å². The minimum absolute atomic E-state index is 0.533. The largest absolute Gasteiger partial charge is 0.399 e. The third-order valence-corrected chi connectivity index (χ3v) is 2.97. The third kappa shape index (κ3) is 3.05. The maximum Gasteiger partial charge on any atom is 0.0723 e. The second-order valence-electron chi connectivity index (χ2n) is 3.70. The first-order valence-corrected chi connectivity index (χ1v) is 5.95. The monoisotopic (exact) mass is 266 g/mol. The van der Waals surface area contributed by atoms with Crippen molar-refractivity contribution in [3.05, 3.63) is 58.1 Å². The molecule has 0 aliphatic rings. The van der Waals surface area contributed by atoms with Crippen molar-refractivity contribution < 1.29 is 0 Å². The zero-order valence-electron chi connectivity index (χ0n) is 9.08. The van der Waals surface area contributed by atoms with Crippen LogP contribution in [0, 0.1) is 0 Å². The lowest BCUT2D eigenvalue weighted by molar-refractivity contribution is 1.15. The van der Waals surface area contributed by atoms with Gasteiger partial charge in [0.05, 0.1) is 15.7 Å². The summed E-state index contributed by atoms with van der Waals surface area (Å²) in [6.45, 7) is 0.671. The van der Waals surface area contributed by atoms with E-state index in [9.17, 15) is 0 Å². The molecule has 17 heavy (non-hydrogen) atoms. The van der Waals surface area contributed by atoms with Crippen LogP contribution in [0.3, 0.4) is 0 Å². The number of hydrogen-bond donors (Lipinski definition) is 2. The Bertz CT molecular complexity index is 489. The molecule has 0 spiro atoms. The molecule has 0 heterocycles. The van der Waals surface area contributed by atoms with Crippen LogP contribution in [0.1, 0.15) is 5.56 Å². The quantitative estimate of drug-likeness (QED) is 0.818. The average molecular weight is 267 g/mol. The molecule has 0 aliphatic carbocycles. The molecular weight excluding hydrogens is 255 g/mol. The van der Waals surface area contributed by atoms with Gasteiger partial charge in [-0.2, -0.15) is 0 Å². The summed E-state index contributed by atoms with van der Waals surface area (Å²) in [5, 5.41) is 4.27. The Kier molecular flexibility index (Phi) is 3.77. The first kappa shape index (κ1) is 12.1. The van der Waals surface area contributed by atoms with Crippen LogP contribution in [0.25, 0.3) is 0 Å². The van der Waals surface area contributed by atoms with Crippen LogP contribution in [0.15, 0.2) is 42.5 Å². The van der Waals surface area contributed by atoms with E-state index in [1.807, 2.05) is 30.3 Å². The van der Waals surface area contributed by atoms with Crippen molar-refractivity contribution in [2.45, 2.75) is 6.54 Å². The van der Waals surface area contributed by atoms with Crippen LogP contribution < -0.4 is 11.1 Å². The highest BCUT2D eigenvalue weighted by atomic mass is 35.5. The molecule has 0 atom stereocenters. The maximum atomic E-state index is 6.07. The van der Waals surface area contributed by atoms with Gasteiger partial charge in [-0.15, -0.1) is 0 Å². The van der Waals surface area contributed by atoms with E-state index >= 15 is 0 Å². The number of benzene rings is 2. The Morgan fingerprint density at radius 1 is 1.00 bits per heavy atom. The summed E-state index contributed by atoms with van der Waals surface area (Å²) in [5.41, 5.74) is 8.08. The van der Waals surface area contributed by atoms with E-state index in [4.69, 9.17) is 28.9 Å². The van der Waals surface area contributed by atoms with Gasteiger partial charge in [-0.25, -0.2) is 0 Å². The molecule has 4 heteroatoms. The zero-order chi connectivity index (χ0) is 12.3. The van der Waals surface area contributed by atoms with Gasteiger partial charge in [0.25, 0.3) is 0 Å². The van der Waals surface area contributed by atoms with E-state index in [0.29, 0.717) is 28.0 Å². The number of anilines is 2. The van der Waals surface area contributed by atoms with Crippen molar-refractivity contribution in [3.63, 3.8) is 0 Å². The van der Waals surface area contributed by atoms with Crippen LogP contribution in [-0.4, -0.2) is 0 Å². The third-order valence-electron chi connectivity index (χ3n) is 2.38. The lowest BCUT2D eigenvalue weighted by Gasteiger charge is -2.11. The smallest absolute Gasteiger partial charge is 0.0723 e. The molecule has 88 valence electrons. The average Bonchev–Trinajstić information content (AvgIpc) is 2.29. The molecule has 2 aromatic rings. The van der Waals surface area contributed by atoms with Crippen molar-refractivity contribution in [2.24, 2.45) is 0 Å². The molecule has 0 saturated heterocycles. The number of rotatable bonds is 3. The van der Waals surface area contributed by atoms with E-state index in [2.05, 4.69) is 5.32 Å². The van der Waals surface area contributed by atoms with Gasteiger partial charge in [0.1, 0.15) is 0 Å². The van der Waals surface area contributed by atoms with E-state index in [1.165, 1.54) is 0 Å². The standard InChI is InChI=1S/C13H12Cl2N2/c14-11-6-10(16)7-12(15)13(11)17-8-9-4-2-1-3-5-9/h1-7,17H,8,16H2. The van der Waals surface area contributed by atoms with Gasteiger partial charge < -0.3 is 11.1 Å². The van der Waals surface area contributed by atoms with Gasteiger partial charge in [-0.3, -0.25) is 0 Å². The fraction of sp³-hybridized carbons (Fsp3) is 0.0769. The Balaban J connectivity index is 2.15. The fourth-order valence-corrected chi connectivity index (χ4v) is 2.19. The number of nitrogens with two attached hydrogens (primary N) is 1. The van der Waals surface area contributed by atoms with Crippen LogP contribution in [0.4, 0.5) is 11.4 Å². The molecule has 0 saturated carbocycles. The van der Waals surface area contributed by atoms with Crippen molar-refractivity contribution in [1.82, 2.24) is 0 Å². The Hall–Kier alpha value is -1.38. The van der Waals surface area contributed by atoms with Gasteiger partial charge >= 0.3 is 0 Å². The summed E-state index contributed by atoms with van der Waals surface area (Å²) in [7, 11) is 0. The second-order valence-corrected chi connectivity index (χ2v) is 4.51. The fourth-order valence-electron chi connectivity index (χ4n) is 1.55. The van der Waals surface area contributed by atoms with Gasteiger partial charge in [-0.05, 0) is 17.7 Å². The lowest BCUT2D eigenvalue weighted by Crippen LogP contribution is -2.01. The molecule has 0 aromatic heterocycles. The lowest BCUT2D eigenvalue weighted by atomic mass is 10.2. The molecule has 3 N–H and O–H groups in total. The predicted octanol–water partition coefficient (Wildman–Crippen LogP) is 4.19. The summed E-state index contributed by atoms with van der Waals surface area (Å²) in [6, 6.07) is 13.4. The topological polar surface area (TPSA) is 38.0 Å². The number of nitrogens with one attached hydrogen (secondary N) is 1. The van der Waals surface area contributed by atoms with Crippen LogP contribution >= 0.6 is 23.2 Å². The molecule has 0 unspecified atom stereocenters. The number of halogens is 2. The minimum atomic E-state index is 0.533. The van der Waals surface area contributed by atoms with Crippen molar-refractivity contribution in [1.29, 1.82) is 0 Å². The minimum Gasteiger partial charge on any atom is -0.399 e. The summed E-state index contributed by atoms with van der Waals surface area (Å²) in [6.07, 6.45) is 0. The molecule has 2 nitrogen and oxygen atoms in total. The highest BCUT2D eigenvalue weighted by Gasteiger charge is 2.06. The van der Waals surface area contributed by atoms with Crippen LogP contribution in [0.2, 0.25) is 10.0 Å². The van der Waals surface area contributed by atoms with Crippen molar-refractivity contribution in [3.8, 4) is 0 Å². The Morgan fingerprint density at radius 3 is 2.18 bits per heavy atom. The number of nitrogen functional groups attached to an aromatic ring is 1. The van der Waals surface area contributed by atoms with Gasteiger partial charge in [0.2, 0.25) is 0 Å². The predicted molar refractivity (Wildman–Crippen MR) is 74.6 cm³/mol. The summed E-state index contributed by atoms with van der Waals surface area (Å²) >= 11 is 12.1. The molecule has 0 aliphatic heterocycles. The first-order chi connectivity index (χ1) is 8.16. The van der Waals surface area contributed by atoms with E-state index in [1.54, 1.807) is 12.1 Å². The SMILES string of the molecule is Nc1cc(Cl)c(NCc2ccccc2)c(Cl)c1. The zero-order valence-corrected chi connectivity index (χ0v) is 10.6. The molecule has 0 fully saturated rings. The maximum absolute atomic E-state index is 6.07. The summed E-state index contributed by atoms with van der Waals surface area (Å²) < 4.78 is 0. The van der Waals surface area contributed by atoms with E-state index < -0.39 is 0 Å². The Labute approximate surface area is 110 Å². The molecule has 0 radical (unpaired) electrons. The summed E-state index contributed by atoms with van der Waals surface area (Å²) in [5.74, 6) is 0. The molecule has 0 amide bonds. The molecular formula is C13H12Cl2N2. The van der Waals surface area contributed by atoms with E-state index in [0.717, 1.165) is 5.56 Å². The van der Waals surface area contributed by atoms with Gasteiger partial charge in [0, 0.05) is 12.2 Å². The Morgan fingerprint density at radius 2 is 1.59 bits per heavy atom. The molecule has 2 aromatic carbocycles. The van der Waals surface area contributed by atoms with Crippen molar-refractivity contribution >= 4 is 34.6 Å². The molecule has 2 rings (SSSR count). The van der Waals surface area contributed by atoms with Gasteiger partial charge in [0.15, 0.2) is 0 Å². The highest BCUT2D eigenvalue weighted by molar-refractivity contribution is 6.39. The second kappa shape index (κ2) is 5.30.